The van der Waals surface area contributed by atoms with Gasteiger partial charge in [0.15, 0.2) is 0 Å². The quantitative estimate of drug-likeness (QED) is 0.715. The number of hydrogen-bond acceptors (Lipinski definition) is 3. The minimum atomic E-state index is -1.17. The monoisotopic (exact) mass is 189 g/mol. The second-order valence-electron chi connectivity index (χ2n) is 2.84. The standard InChI is InChI=1S/C10H7NO3/c12-7-4-3-6-2-1-5-11-9(6)8(7)10(13)14/h1-5,12H,(H,13,14). The Hall–Kier alpha value is -2.10. The zero-order valence-corrected chi connectivity index (χ0v) is 7.14. The smallest absolute Gasteiger partial charge is 0.341 e. The van der Waals surface area contributed by atoms with Crippen LogP contribution in [0.15, 0.2) is 30.5 Å². The minimum Gasteiger partial charge on any atom is -0.507 e. The Morgan fingerprint density at radius 3 is 2.79 bits per heavy atom. The second-order valence-corrected chi connectivity index (χ2v) is 2.84. The molecule has 0 saturated carbocycles. The van der Waals surface area contributed by atoms with Crippen LogP contribution in [0.1, 0.15) is 10.4 Å². The third-order valence-electron chi connectivity index (χ3n) is 1.97. The summed E-state index contributed by atoms with van der Waals surface area (Å²) >= 11 is 0. The van der Waals surface area contributed by atoms with Crippen LogP contribution in [0, 0.1) is 0 Å². The maximum atomic E-state index is 10.8. The first-order chi connectivity index (χ1) is 6.70. The number of aromatic carboxylic acids is 1. The number of phenols is 1. The fourth-order valence-corrected chi connectivity index (χ4v) is 1.35. The van der Waals surface area contributed by atoms with Gasteiger partial charge in [0.2, 0.25) is 0 Å². The normalized spacial score (nSPS) is 10.3. The van der Waals surface area contributed by atoms with Crippen LogP contribution in [-0.4, -0.2) is 21.2 Å². The van der Waals surface area contributed by atoms with Crippen LogP contribution in [0.3, 0.4) is 0 Å². The topological polar surface area (TPSA) is 70.4 Å². The summed E-state index contributed by atoms with van der Waals surface area (Å²) in [5.74, 6) is -1.43. The van der Waals surface area contributed by atoms with E-state index in [2.05, 4.69) is 4.98 Å². The maximum Gasteiger partial charge on any atom is 0.341 e. The highest BCUT2D eigenvalue weighted by Gasteiger charge is 2.14. The van der Waals surface area contributed by atoms with Crippen LogP contribution in [0.25, 0.3) is 10.9 Å². The first-order valence-corrected chi connectivity index (χ1v) is 4.00. The van der Waals surface area contributed by atoms with E-state index in [1.165, 1.54) is 12.3 Å². The third-order valence-corrected chi connectivity index (χ3v) is 1.97. The molecule has 4 nitrogen and oxygen atoms in total. The molecule has 2 aromatic rings. The van der Waals surface area contributed by atoms with Crippen LogP contribution in [0.4, 0.5) is 0 Å². The summed E-state index contributed by atoms with van der Waals surface area (Å²) in [7, 11) is 0. The Balaban J connectivity index is 2.90. The average molecular weight is 189 g/mol. The molecule has 0 unspecified atom stereocenters. The number of fused-ring (bicyclic) bond motifs is 1. The molecule has 4 heteroatoms. The van der Waals surface area contributed by atoms with Gasteiger partial charge in [0, 0.05) is 11.6 Å². The first kappa shape index (κ1) is 8.50. The molecule has 2 rings (SSSR count). The van der Waals surface area contributed by atoms with Crippen molar-refractivity contribution in [1.82, 2.24) is 4.98 Å². The van der Waals surface area contributed by atoms with Crippen molar-refractivity contribution < 1.29 is 15.0 Å². The highest BCUT2D eigenvalue weighted by Crippen LogP contribution is 2.24. The van der Waals surface area contributed by atoms with E-state index in [4.69, 9.17) is 5.11 Å². The number of hydrogen-bond donors (Lipinski definition) is 2. The van der Waals surface area contributed by atoms with Crippen molar-refractivity contribution in [3.05, 3.63) is 36.0 Å². The fourth-order valence-electron chi connectivity index (χ4n) is 1.35. The van der Waals surface area contributed by atoms with E-state index in [-0.39, 0.29) is 11.3 Å². The molecule has 0 aliphatic carbocycles. The van der Waals surface area contributed by atoms with Crippen molar-refractivity contribution in [3.63, 3.8) is 0 Å². The minimum absolute atomic E-state index is 0.150. The molecule has 2 N–H and O–H groups in total. The molecule has 0 bridgehead atoms. The lowest BCUT2D eigenvalue weighted by Crippen LogP contribution is -1.99. The van der Waals surface area contributed by atoms with Crippen LogP contribution < -0.4 is 0 Å². The summed E-state index contributed by atoms with van der Waals surface area (Å²) in [5, 5.41) is 18.9. The molecule has 70 valence electrons. The zero-order valence-electron chi connectivity index (χ0n) is 7.14. The Morgan fingerprint density at radius 2 is 2.07 bits per heavy atom. The molecule has 0 radical (unpaired) electrons. The number of benzene rings is 1. The van der Waals surface area contributed by atoms with Crippen LogP contribution in [0.5, 0.6) is 5.75 Å². The SMILES string of the molecule is O=C(O)c1c(O)ccc2cccnc12. The van der Waals surface area contributed by atoms with Crippen LogP contribution in [-0.2, 0) is 0 Å². The number of pyridine rings is 1. The number of aromatic nitrogens is 1. The van der Waals surface area contributed by atoms with Gasteiger partial charge in [-0.1, -0.05) is 6.07 Å². The number of carboxylic acid groups (broad SMARTS) is 1. The van der Waals surface area contributed by atoms with E-state index < -0.39 is 5.97 Å². The predicted molar refractivity (Wildman–Crippen MR) is 50.4 cm³/mol. The summed E-state index contributed by atoms with van der Waals surface area (Å²) in [6.07, 6.45) is 1.49. The largest absolute Gasteiger partial charge is 0.507 e. The molecule has 0 aliphatic rings. The van der Waals surface area contributed by atoms with Gasteiger partial charge in [0.05, 0.1) is 5.52 Å². The molecule has 14 heavy (non-hydrogen) atoms. The molecule has 0 aliphatic heterocycles. The third kappa shape index (κ3) is 1.17. The summed E-state index contributed by atoms with van der Waals surface area (Å²) in [6.45, 7) is 0. The van der Waals surface area contributed by atoms with Gasteiger partial charge >= 0.3 is 5.97 Å². The Morgan fingerprint density at radius 1 is 1.29 bits per heavy atom. The summed E-state index contributed by atoms with van der Waals surface area (Å²) in [5.41, 5.74) is 0.156. The van der Waals surface area contributed by atoms with Crippen molar-refractivity contribution >= 4 is 16.9 Å². The highest BCUT2D eigenvalue weighted by atomic mass is 16.4. The van der Waals surface area contributed by atoms with Crippen molar-refractivity contribution in [2.45, 2.75) is 0 Å². The van der Waals surface area contributed by atoms with Crippen LogP contribution in [0.2, 0.25) is 0 Å². The Bertz CT molecular complexity index is 508. The van der Waals surface area contributed by atoms with Gasteiger partial charge < -0.3 is 10.2 Å². The van der Waals surface area contributed by atoms with E-state index in [0.29, 0.717) is 10.9 Å². The molecule has 1 aromatic heterocycles. The number of carbonyl (C=O) groups is 1. The number of carboxylic acids is 1. The molecular weight excluding hydrogens is 182 g/mol. The van der Waals surface area contributed by atoms with E-state index in [1.54, 1.807) is 18.2 Å². The average Bonchev–Trinajstić information content (AvgIpc) is 2.17. The fraction of sp³-hybridized carbons (Fsp3) is 0. The summed E-state index contributed by atoms with van der Waals surface area (Å²) < 4.78 is 0. The van der Waals surface area contributed by atoms with E-state index in [0.717, 1.165) is 0 Å². The van der Waals surface area contributed by atoms with Crippen molar-refractivity contribution in [2.75, 3.05) is 0 Å². The molecule has 0 fully saturated rings. The number of aromatic hydroxyl groups is 1. The van der Waals surface area contributed by atoms with Gasteiger partial charge in [-0.15, -0.1) is 0 Å². The number of rotatable bonds is 1. The number of nitrogens with zero attached hydrogens (tertiary/aromatic N) is 1. The molecule has 1 aromatic carbocycles. The lowest BCUT2D eigenvalue weighted by atomic mass is 10.1. The van der Waals surface area contributed by atoms with Gasteiger partial charge in [0.25, 0.3) is 0 Å². The van der Waals surface area contributed by atoms with Crippen LogP contribution >= 0.6 is 0 Å². The lowest BCUT2D eigenvalue weighted by molar-refractivity contribution is 0.0696. The molecule has 1 heterocycles. The Labute approximate surface area is 79.4 Å². The lowest BCUT2D eigenvalue weighted by Gasteiger charge is -2.02. The van der Waals surface area contributed by atoms with E-state index in [1.807, 2.05) is 0 Å². The first-order valence-electron chi connectivity index (χ1n) is 4.00. The van der Waals surface area contributed by atoms with E-state index in [9.17, 15) is 9.90 Å². The maximum absolute atomic E-state index is 10.8. The highest BCUT2D eigenvalue weighted by molar-refractivity contribution is 6.04. The van der Waals surface area contributed by atoms with Gasteiger partial charge in [-0.2, -0.15) is 0 Å². The van der Waals surface area contributed by atoms with E-state index >= 15 is 0 Å². The summed E-state index contributed by atoms with van der Waals surface area (Å²) in [4.78, 5) is 14.8. The zero-order chi connectivity index (χ0) is 10.1. The molecule has 0 spiro atoms. The second kappa shape index (κ2) is 2.99. The van der Waals surface area contributed by atoms with Crippen molar-refractivity contribution in [1.29, 1.82) is 0 Å². The van der Waals surface area contributed by atoms with Gasteiger partial charge in [-0.05, 0) is 18.2 Å². The Kier molecular flexibility index (Phi) is 1.81. The predicted octanol–water partition coefficient (Wildman–Crippen LogP) is 1.64. The molecular formula is C10H7NO3. The molecule has 0 amide bonds. The van der Waals surface area contributed by atoms with Crippen molar-refractivity contribution in [3.8, 4) is 5.75 Å². The van der Waals surface area contributed by atoms with Gasteiger partial charge in [-0.25, -0.2) is 4.79 Å². The summed E-state index contributed by atoms with van der Waals surface area (Å²) in [6, 6.07) is 6.44. The molecule has 0 saturated heterocycles. The van der Waals surface area contributed by atoms with Gasteiger partial charge in [0.1, 0.15) is 11.3 Å². The molecule has 0 atom stereocenters. The van der Waals surface area contributed by atoms with Gasteiger partial charge in [-0.3, -0.25) is 4.98 Å². The van der Waals surface area contributed by atoms with Crippen molar-refractivity contribution in [2.24, 2.45) is 0 Å².